The Morgan fingerprint density at radius 3 is 2.12 bits per heavy atom. The zero-order valence-corrected chi connectivity index (χ0v) is 11.2. The van der Waals surface area contributed by atoms with Gasteiger partial charge in [-0.1, -0.05) is 17.2 Å². The summed E-state index contributed by atoms with van der Waals surface area (Å²) in [5.41, 5.74) is 1.95. The fourth-order valence-electron chi connectivity index (χ4n) is 1.97. The molecule has 0 spiro atoms. The van der Waals surface area contributed by atoms with E-state index < -0.39 is 5.60 Å². The lowest BCUT2D eigenvalue weighted by molar-refractivity contribution is 0.0368. The smallest absolute Gasteiger partial charge is 0.253 e. The molecular weight excluding hydrogens is 214 g/mol. The van der Waals surface area contributed by atoms with Crippen molar-refractivity contribution in [3.05, 3.63) is 34.9 Å². The van der Waals surface area contributed by atoms with E-state index in [1.54, 1.807) is 25.8 Å². The Morgan fingerprint density at radius 1 is 1.24 bits per heavy atom. The number of hydrogen-bond donors (Lipinski definition) is 1. The SMILES string of the molecule is Cc1cc(C)cc(C(=O)N(C)CC(C)(C)O)c1. The van der Waals surface area contributed by atoms with Gasteiger partial charge in [-0.2, -0.15) is 0 Å². The predicted molar refractivity (Wildman–Crippen MR) is 69.2 cm³/mol. The van der Waals surface area contributed by atoms with E-state index in [0.29, 0.717) is 12.1 Å². The van der Waals surface area contributed by atoms with E-state index >= 15 is 0 Å². The molecule has 3 heteroatoms. The van der Waals surface area contributed by atoms with Gasteiger partial charge >= 0.3 is 0 Å². The quantitative estimate of drug-likeness (QED) is 0.872. The molecule has 0 aliphatic heterocycles. The monoisotopic (exact) mass is 235 g/mol. The minimum Gasteiger partial charge on any atom is -0.389 e. The number of hydrogen-bond acceptors (Lipinski definition) is 2. The van der Waals surface area contributed by atoms with E-state index in [1.807, 2.05) is 32.0 Å². The van der Waals surface area contributed by atoms with Gasteiger partial charge in [-0.05, 0) is 39.8 Å². The average Bonchev–Trinajstić information content (AvgIpc) is 2.12. The van der Waals surface area contributed by atoms with E-state index in [0.717, 1.165) is 11.1 Å². The maximum Gasteiger partial charge on any atom is 0.253 e. The first-order chi connectivity index (χ1) is 7.69. The summed E-state index contributed by atoms with van der Waals surface area (Å²) >= 11 is 0. The number of amides is 1. The minimum atomic E-state index is -0.872. The van der Waals surface area contributed by atoms with Crippen molar-refractivity contribution in [1.29, 1.82) is 0 Å². The van der Waals surface area contributed by atoms with Crippen LogP contribution in [0.15, 0.2) is 18.2 Å². The standard InChI is InChI=1S/C14H21NO2/c1-10-6-11(2)8-12(7-10)13(16)15(5)9-14(3,4)17/h6-8,17H,9H2,1-5H3. The number of likely N-dealkylation sites (N-methyl/N-ethyl adjacent to an activating group) is 1. The summed E-state index contributed by atoms with van der Waals surface area (Å²) < 4.78 is 0. The van der Waals surface area contributed by atoms with Gasteiger partial charge in [0.15, 0.2) is 0 Å². The van der Waals surface area contributed by atoms with Crippen molar-refractivity contribution in [3.63, 3.8) is 0 Å². The van der Waals surface area contributed by atoms with Gasteiger partial charge in [0.1, 0.15) is 0 Å². The van der Waals surface area contributed by atoms with Crippen LogP contribution in [0.3, 0.4) is 0 Å². The van der Waals surface area contributed by atoms with Crippen molar-refractivity contribution < 1.29 is 9.90 Å². The molecule has 0 aliphatic carbocycles. The van der Waals surface area contributed by atoms with Gasteiger partial charge in [-0.15, -0.1) is 0 Å². The highest BCUT2D eigenvalue weighted by molar-refractivity contribution is 5.94. The van der Waals surface area contributed by atoms with Gasteiger partial charge in [0.25, 0.3) is 5.91 Å². The van der Waals surface area contributed by atoms with Gasteiger partial charge in [0, 0.05) is 19.2 Å². The molecule has 1 amide bonds. The molecule has 0 fully saturated rings. The summed E-state index contributed by atoms with van der Waals surface area (Å²) in [5.74, 6) is -0.0566. The van der Waals surface area contributed by atoms with Crippen LogP contribution in [-0.2, 0) is 0 Å². The lowest BCUT2D eigenvalue weighted by Crippen LogP contribution is -2.39. The fraction of sp³-hybridized carbons (Fsp3) is 0.500. The molecule has 0 atom stereocenters. The highest BCUT2D eigenvalue weighted by Crippen LogP contribution is 2.12. The molecule has 3 nitrogen and oxygen atoms in total. The van der Waals surface area contributed by atoms with Crippen molar-refractivity contribution in [2.45, 2.75) is 33.3 Å². The summed E-state index contributed by atoms with van der Waals surface area (Å²) in [6, 6.07) is 5.78. The average molecular weight is 235 g/mol. The zero-order valence-electron chi connectivity index (χ0n) is 11.2. The molecule has 1 aromatic carbocycles. The van der Waals surface area contributed by atoms with E-state index in [2.05, 4.69) is 0 Å². The first kappa shape index (κ1) is 13.7. The van der Waals surface area contributed by atoms with Crippen molar-refractivity contribution in [3.8, 4) is 0 Å². The van der Waals surface area contributed by atoms with Crippen molar-refractivity contribution in [2.75, 3.05) is 13.6 Å². The third kappa shape index (κ3) is 4.19. The van der Waals surface area contributed by atoms with Crippen molar-refractivity contribution in [2.24, 2.45) is 0 Å². The Morgan fingerprint density at radius 2 is 1.71 bits per heavy atom. The summed E-state index contributed by atoms with van der Waals surface area (Å²) in [6.45, 7) is 7.65. The van der Waals surface area contributed by atoms with Crippen LogP contribution in [0.4, 0.5) is 0 Å². The number of rotatable bonds is 3. The molecule has 0 saturated carbocycles. The van der Waals surface area contributed by atoms with Crippen LogP contribution in [0.2, 0.25) is 0 Å². The molecule has 17 heavy (non-hydrogen) atoms. The van der Waals surface area contributed by atoms with Crippen LogP contribution in [0.25, 0.3) is 0 Å². The Kier molecular flexibility index (Phi) is 3.94. The summed E-state index contributed by atoms with van der Waals surface area (Å²) in [6.07, 6.45) is 0. The predicted octanol–water partition coefficient (Wildman–Crippen LogP) is 2.15. The second-order valence-corrected chi connectivity index (χ2v) is 5.35. The van der Waals surface area contributed by atoms with Crippen LogP contribution in [0, 0.1) is 13.8 Å². The number of carbonyl (C=O) groups excluding carboxylic acids is 1. The third-order valence-corrected chi connectivity index (χ3v) is 2.44. The number of aliphatic hydroxyl groups is 1. The van der Waals surface area contributed by atoms with Gasteiger partial charge in [-0.3, -0.25) is 4.79 Å². The molecule has 0 heterocycles. The second-order valence-electron chi connectivity index (χ2n) is 5.35. The van der Waals surface area contributed by atoms with Crippen LogP contribution < -0.4 is 0 Å². The first-order valence-corrected chi connectivity index (χ1v) is 5.75. The van der Waals surface area contributed by atoms with Gasteiger partial charge < -0.3 is 10.0 Å². The highest BCUT2D eigenvalue weighted by Gasteiger charge is 2.20. The largest absolute Gasteiger partial charge is 0.389 e. The van der Waals surface area contributed by atoms with Crippen LogP contribution in [-0.4, -0.2) is 35.1 Å². The normalized spacial score (nSPS) is 11.4. The summed E-state index contributed by atoms with van der Waals surface area (Å²) in [5, 5.41) is 9.70. The minimum absolute atomic E-state index is 0.0566. The van der Waals surface area contributed by atoms with E-state index in [4.69, 9.17) is 0 Å². The molecule has 1 N–H and O–H groups in total. The number of carbonyl (C=O) groups is 1. The number of nitrogens with zero attached hydrogens (tertiary/aromatic N) is 1. The highest BCUT2D eigenvalue weighted by atomic mass is 16.3. The molecule has 0 bridgehead atoms. The number of benzene rings is 1. The lowest BCUT2D eigenvalue weighted by Gasteiger charge is -2.25. The molecule has 1 rings (SSSR count). The van der Waals surface area contributed by atoms with E-state index in [9.17, 15) is 9.90 Å². The van der Waals surface area contributed by atoms with Gasteiger partial charge in [0.05, 0.1) is 5.60 Å². The lowest BCUT2D eigenvalue weighted by atomic mass is 10.1. The summed E-state index contributed by atoms with van der Waals surface area (Å²) in [4.78, 5) is 13.7. The first-order valence-electron chi connectivity index (χ1n) is 5.75. The molecule has 0 aliphatic rings. The van der Waals surface area contributed by atoms with Crippen LogP contribution >= 0.6 is 0 Å². The van der Waals surface area contributed by atoms with Crippen LogP contribution in [0.1, 0.15) is 35.3 Å². The Bertz CT molecular complexity index is 398. The summed E-state index contributed by atoms with van der Waals surface area (Å²) in [7, 11) is 1.71. The number of aryl methyl sites for hydroxylation is 2. The maximum atomic E-state index is 12.1. The molecule has 0 aromatic heterocycles. The van der Waals surface area contributed by atoms with Crippen molar-refractivity contribution in [1.82, 2.24) is 4.90 Å². The Hall–Kier alpha value is -1.35. The van der Waals surface area contributed by atoms with Crippen molar-refractivity contribution >= 4 is 5.91 Å². The Labute approximate surface area is 103 Å². The molecule has 0 saturated heterocycles. The molecule has 1 aromatic rings. The van der Waals surface area contributed by atoms with E-state index in [1.165, 1.54) is 0 Å². The van der Waals surface area contributed by atoms with Gasteiger partial charge in [-0.25, -0.2) is 0 Å². The second kappa shape index (κ2) is 4.88. The molecular formula is C14H21NO2. The Balaban J connectivity index is 2.89. The third-order valence-electron chi connectivity index (χ3n) is 2.44. The molecule has 0 unspecified atom stereocenters. The maximum absolute atomic E-state index is 12.1. The molecule has 0 radical (unpaired) electrons. The van der Waals surface area contributed by atoms with Gasteiger partial charge in [0.2, 0.25) is 0 Å². The van der Waals surface area contributed by atoms with E-state index in [-0.39, 0.29) is 5.91 Å². The fourth-order valence-corrected chi connectivity index (χ4v) is 1.97. The zero-order chi connectivity index (χ0) is 13.2. The topological polar surface area (TPSA) is 40.5 Å². The van der Waals surface area contributed by atoms with Crippen LogP contribution in [0.5, 0.6) is 0 Å². The molecule has 94 valence electrons.